The maximum Gasteiger partial charge on any atom is 0.409 e. The number of carbonyl (C=O) groups excluding carboxylic acids is 1. The van der Waals surface area contributed by atoms with Gasteiger partial charge in [-0.3, -0.25) is 0 Å². The highest BCUT2D eigenvalue weighted by atomic mass is 16.5. The highest BCUT2D eigenvalue weighted by Crippen LogP contribution is 2.20. The summed E-state index contributed by atoms with van der Waals surface area (Å²) in [5, 5.41) is 8.83. The summed E-state index contributed by atoms with van der Waals surface area (Å²) in [6.45, 7) is 1.80. The van der Waals surface area contributed by atoms with Crippen LogP contribution in [0.15, 0.2) is 0 Å². The molecule has 82 valence electrons. The Bertz CT molecular complexity index is 184. The van der Waals surface area contributed by atoms with Crippen molar-refractivity contribution in [3.8, 4) is 0 Å². The second kappa shape index (κ2) is 5.86. The maximum atomic E-state index is 11.2. The first-order valence-corrected chi connectivity index (χ1v) is 5.21. The predicted molar refractivity (Wildman–Crippen MR) is 53.0 cm³/mol. The molecular formula is C10H19NO3. The summed E-state index contributed by atoms with van der Waals surface area (Å²) in [4.78, 5) is 13.0. The molecule has 0 spiro atoms. The number of likely N-dealkylation sites (tertiary alicyclic amines) is 1. The molecule has 0 aliphatic carbocycles. The molecule has 1 aliphatic rings. The van der Waals surface area contributed by atoms with Crippen molar-refractivity contribution in [2.24, 2.45) is 5.92 Å². The van der Waals surface area contributed by atoms with Gasteiger partial charge < -0.3 is 14.7 Å². The van der Waals surface area contributed by atoms with Gasteiger partial charge in [0.2, 0.25) is 0 Å². The van der Waals surface area contributed by atoms with Crippen LogP contribution in [0.4, 0.5) is 4.79 Å². The molecule has 0 bridgehead atoms. The van der Waals surface area contributed by atoms with Gasteiger partial charge in [0.05, 0.1) is 7.11 Å². The fourth-order valence-electron chi connectivity index (χ4n) is 1.95. The van der Waals surface area contributed by atoms with Crippen molar-refractivity contribution in [2.75, 3.05) is 26.8 Å². The third kappa shape index (κ3) is 3.18. The molecule has 1 saturated heterocycles. The van der Waals surface area contributed by atoms with Gasteiger partial charge in [-0.15, -0.1) is 0 Å². The molecule has 4 heteroatoms. The Kier molecular flexibility index (Phi) is 4.73. The average Bonchev–Trinajstić information content (AvgIpc) is 2.43. The van der Waals surface area contributed by atoms with Crippen molar-refractivity contribution < 1.29 is 14.6 Å². The van der Waals surface area contributed by atoms with Gasteiger partial charge in [0.15, 0.2) is 0 Å². The lowest BCUT2D eigenvalue weighted by atomic mass is 9.98. The van der Waals surface area contributed by atoms with Crippen LogP contribution < -0.4 is 0 Å². The highest BCUT2D eigenvalue weighted by Gasteiger charge is 2.20. The van der Waals surface area contributed by atoms with E-state index in [4.69, 9.17) is 5.11 Å². The van der Waals surface area contributed by atoms with E-state index in [0.717, 1.165) is 38.8 Å². The summed E-state index contributed by atoms with van der Waals surface area (Å²) in [7, 11) is 1.42. The smallest absolute Gasteiger partial charge is 0.409 e. The average molecular weight is 201 g/mol. The topological polar surface area (TPSA) is 49.8 Å². The number of ether oxygens (including phenoxy) is 1. The standard InChI is InChI=1S/C10H19NO3/c1-14-10(13)11-6-2-3-9(4-7-11)5-8-12/h9,12H,2-8H2,1H3. The Balaban J connectivity index is 2.36. The zero-order valence-electron chi connectivity index (χ0n) is 8.74. The quantitative estimate of drug-likeness (QED) is 0.731. The van der Waals surface area contributed by atoms with Crippen LogP contribution in [0.5, 0.6) is 0 Å². The third-order valence-electron chi connectivity index (χ3n) is 2.82. The zero-order chi connectivity index (χ0) is 10.4. The van der Waals surface area contributed by atoms with Crippen molar-refractivity contribution in [3.05, 3.63) is 0 Å². The lowest BCUT2D eigenvalue weighted by Gasteiger charge is -2.18. The lowest BCUT2D eigenvalue weighted by molar-refractivity contribution is 0.124. The number of methoxy groups -OCH3 is 1. The molecule has 1 N–H and O–H groups in total. The SMILES string of the molecule is COC(=O)N1CCCC(CCO)CC1. The maximum absolute atomic E-state index is 11.2. The van der Waals surface area contributed by atoms with Gasteiger partial charge in [-0.25, -0.2) is 4.79 Å². The van der Waals surface area contributed by atoms with Crippen molar-refractivity contribution in [3.63, 3.8) is 0 Å². The molecule has 0 saturated carbocycles. The summed E-state index contributed by atoms with van der Waals surface area (Å²) in [5.41, 5.74) is 0. The van der Waals surface area contributed by atoms with Crippen molar-refractivity contribution in [1.82, 2.24) is 4.90 Å². The monoisotopic (exact) mass is 201 g/mol. The molecule has 1 unspecified atom stereocenters. The van der Waals surface area contributed by atoms with E-state index in [1.807, 2.05) is 0 Å². The number of aliphatic hydroxyl groups excluding tert-OH is 1. The van der Waals surface area contributed by atoms with Gasteiger partial charge in [-0.2, -0.15) is 0 Å². The summed E-state index contributed by atoms with van der Waals surface area (Å²) < 4.78 is 4.68. The molecule has 0 aromatic heterocycles. The Morgan fingerprint density at radius 2 is 2.29 bits per heavy atom. The molecule has 14 heavy (non-hydrogen) atoms. The van der Waals surface area contributed by atoms with Crippen LogP contribution in [0.3, 0.4) is 0 Å². The molecule has 1 fully saturated rings. The van der Waals surface area contributed by atoms with E-state index in [-0.39, 0.29) is 12.7 Å². The normalized spacial score (nSPS) is 23.0. The van der Waals surface area contributed by atoms with Crippen molar-refractivity contribution in [1.29, 1.82) is 0 Å². The van der Waals surface area contributed by atoms with Gasteiger partial charge >= 0.3 is 6.09 Å². The van der Waals surface area contributed by atoms with E-state index >= 15 is 0 Å². The van der Waals surface area contributed by atoms with Crippen LogP contribution in [0.25, 0.3) is 0 Å². The predicted octanol–water partition coefficient (Wildman–Crippen LogP) is 1.24. The first-order valence-electron chi connectivity index (χ1n) is 5.21. The largest absolute Gasteiger partial charge is 0.453 e. The summed E-state index contributed by atoms with van der Waals surface area (Å²) in [6, 6.07) is 0. The zero-order valence-corrected chi connectivity index (χ0v) is 8.74. The Morgan fingerprint density at radius 3 is 2.93 bits per heavy atom. The van der Waals surface area contributed by atoms with Gasteiger partial charge in [-0.1, -0.05) is 0 Å². The lowest BCUT2D eigenvalue weighted by Crippen LogP contribution is -2.31. The Hall–Kier alpha value is -0.770. The Morgan fingerprint density at radius 1 is 1.50 bits per heavy atom. The number of aliphatic hydroxyl groups is 1. The highest BCUT2D eigenvalue weighted by molar-refractivity contribution is 5.67. The number of hydrogen-bond donors (Lipinski definition) is 1. The molecule has 1 aliphatic heterocycles. The molecule has 1 rings (SSSR count). The molecule has 0 aromatic carbocycles. The van der Waals surface area contributed by atoms with Crippen LogP contribution in [0.2, 0.25) is 0 Å². The Labute approximate surface area is 84.8 Å². The van der Waals surface area contributed by atoms with Crippen LogP contribution in [0.1, 0.15) is 25.7 Å². The minimum Gasteiger partial charge on any atom is -0.453 e. The second-order valence-corrected chi connectivity index (χ2v) is 3.77. The summed E-state index contributed by atoms with van der Waals surface area (Å²) in [5.74, 6) is 0.564. The molecule has 0 aromatic rings. The number of amides is 1. The van der Waals surface area contributed by atoms with Crippen LogP contribution in [-0.4, -0.2) is 42.9 Å². The first-order chi connectivity index (χ1) is 6.77. The van der Waals surface area contributed by atoms with Crippen molar-refractivity contribution in [2.45, 2.75) is 25.7 Å². The van der Waals surface area contributed by atoms with Gasteiger partial charge in [0.1, 0.15) is 0 Å². The molecule has 0 radical (unpaired) electrons. The number of nitrogens with zero attached hydrogens (tertiary/aromatic N) is 1. The summed E-state index contributed by atoms with van der Waals surface area (Å²) >= 11 is 0. The molecule has 1 atom stereocenters. The van der Waals surface area contributed by atoms with Gasteiger partial charge in [0.25, 0.3) is 0 Å². The van der Waals surface area contributed by atoms with E-state index in [1.54, 1.807) is 4.90 Å². The van der Waals surface area contributed by atoms with E-state index in [1.165, 1.54) is 7.11 Å². The van der Waals surface area contributed by atoms with Crippen LogP contribution in [0, 0.1) is 5.92 Å². The van der Waals surface area contributed by atoms with Gasteiger partial charge in [-0.05, 0) is 31.6 Å². The number of rotatable bonds is 2. The molecule has 4 nitrogen and oxygen atoms in total. The molecule has 1 amide bonds. The third-order valence-corrected chi connectivity index (χ3v) is 2.82. The minimum absolute atomic E-state index is 0.227. The minimum atomic E-state index is -0.227. The van der Waals surface area contributed by atoms with E-state index in [0.29, 0.717) is 5.92 Å². The van der Waals surface area contributed by atoms with E-state index < -0.39 is 0 Å². The fraction of sp³-hybridized carbons (Fsp3) is 0.900. The number of carbonyl (C=O) groups is 1. The van der Waals surface area contributed by atoms with Crippen molar-refractivity contribution >= 4 is 6.09 Å². The fourth-order valence-corrected chi connectivity index (χ4v) is 1.95. The summed E-state index contributed by atoms with van der Waals surface area (Å²) in [6.07, 6.45) is 3.73. The van der Waals surface area contributed by atoms with E-state index in [2.05, 4.69) is 4.74 Å². The van der Waals surface area contributed by atoms with E-state index in [9.17, 15) is 4.79 Å². The second-order valence-electron chi connectivity index (χ2n) is 3.77. The molecular weight excluding hydrogens is 182 g/mol. The first kappa shape index (κ1) is 11.3. The van der Waals surface area contributed by atoms with Gasteiger partial charge in [0, 0.05) is 19.7 Å². The number of hydrogen-bond acceptors (Lipinski definition) is 3. The van der Waals surface area contributed by atoms with Crippen LogP contribution >= 0.6 is 0 Å². The van der Waals surface area contributed by atoms with Crippen LogP contribution in [-0.2, 0) is 4.74 Å². The molecule has 1 heterocycles.